The summed E-state index contributed by atoms with van der Waals surface area (Å²) in [5.41, 5.74) is 1.13. The van der Waals surface area contributed by atoms with E-state index in [1.165, 1.54) is 6.07 Å². The molecule has 156 valence electrons. The summed E-state index contributed by atoms with van der Waals surface area (Å²) in [6.45, 7) is 3.06. The van der Waals surface area contributed by atoms with Crippen molar-refractivity contribution in [1.29, 1.82) is 0 Å². The van der Waals surface area contributed by atoms with Gasteiger partial charge in [-0.2, -0.15) is 0 Å². The van der Waals surface area contributed by atoms with E-state index in [1.54, 1.807) is 62.4 Å². The number of imide groups is 1. The van der Waals surface area contributed by atoms with Gasteiger partial charge in [-0.05, 0) is 55.4 Å². The van der Waals surface area contributed by atoms with Crippen LogP contribution in [-0.2, 0) is 20.9 Å². The predicted molar refractivity (Wildman–Crippen MR) is 111 cm³/mol. The molecule has 1 heterocycles. The molecule has 0 aromatic heterocycles. The molecule has 1 aliphatic rings. The van der Waals surface area contributed by atoms with Crippen LogP contribution in [0.2, 0.25) is 0 Å². The highest BCUT2D eigenvalue weighted by Crippen LogP contribution is 2.32. The number of rotatable bonds is 7. The lowest BCUT2D eigenvalue weighted by Gasteiger charge is -2.13. The molecule has 0 aliphatic carbocycles. The molecule has 2 amide bonds. The third-order valence-corrected chi connectivity index (χ3v) is 4.97. The Morgan fingerprint density at radius 1 is 1.13 bits per heavy atom. The number of hydrogen-bond acceptors (Lipinski definition) is 6. The normalized spacial score (nSPS) is 15.2. The van der Waals surface area contributed by atoms with Gasteiger partial charge in [0.25, 0.3) is 11.1 Å². The van der Waals surface area contributed by atoms with Gasteiger partial charge in [-0.15, -0.1) is 0 Å². The molecule has 0 N–H and O–H groups in total. The monoisotopic (exact) mass is 429 g/mol. The first kappa shape index (κ1) is 21.6. The van der Waals surface area contributed by atoms with Crippen molar-refractivity contribution in [3.05, 3.63) is 70.4 Å². The molecular formula is C22H20FNO5S. The Morgan fingerprint density at radius 2 is 1.83 bits per heavy atom. The summed E-state index contributed by atoms with van der Waals surface area (Å²) < 4.78 is 24.2. The molecule has 30 heavy (non-hydrogen) atoms. The van der Waals surface area contributed by atoms with E-state index in [0.29, 0.717) is 16.9 Å². The molecule has 1 aliphatic heterocycles. The number of amides is 2. The molecule has 8 heteroatoms. The predicted octanol–water partition coefficient (Wildman–Crippen LogP) is 4.39. The summed E-state index contributed by atoms with van der Waals surface area (Å²) in [4.78, 5) is 37.4. The van der Waals surface area contributed by atoms with Gasteiger partial charge >= 0.3 is 5.97 Å². The summed E-state index contributed by atoms with van der Waals surface area (Å²) in [5, 5.41) is -0.517. The number of thioether (sulfide) groups is 1. The quantitative estimate of drug-likeness (QED) is 0.480. The van der Waals surface area contributed by atoms with E-state index >= 15 is 0 Å². The lowest BCUT2D eigenvalue weighted by atomic mass is 10.2. The summed E-state index contributed by atoms with van der Waals surface area (Å²) in [7, 11) is 0. The van der Waals surface area contributed by atoms with Gasteiger partial charge < -0.3 is 9.47 Å². The van der Waals surface area contributed by atoms with Crippen molar-refractivity contribution < 1.29 is 28.2 Å². The fraction of sp³-hybridized carbons (Fsp3) is 0.227. The highest BCUT2D eigenvalue weighted by atomic mass is 32.2. The molecule has 2 aromatic carbocycles. The smallest absolute Gasteiger partial charge is 0.326 e. The highest BCUT2D eigenvalue weighted by Gasteiger charge is 2.36. The van der Waals surface area contributed by atoms with Crippen LogP contribution in [0.15, 0.2) is 53.4 Å². The first-order valence-electron chi connectivity index (χ1n) is 9.24. The molecule has 2 aromatic rings. The molecule has 0 saturated carbocycles. The van der Waals surface area contributed by atoms with Gasteiger partial charge in [-0.25, -0.2) is 4.39 Å². The SMILES string of the molecule is CC(C)OC(=O)CN1C(=O)S/C(=C\c2ccc(OCc3ccccc3F)cc2)C1=O. The molecule has 6 nitrogen and oxygen atoms in total. The van der Waals surface area contributed by atoms with E-state index in [9.17, 15) is 18.8 Å². The number of benzene rings is 2. The second kappa shape index (κ2) is 9.58. The van der Waals surface area contributed by atoms with Crippen LogP contribution in [0.3, 0.4) is 0 Å². The van der Waals surface area contributed by atoms with Gasteiger partial charge in [-0.1, -0.05) is 30.3 Å². The van der Waals surface area contributed by atoms with Crippen molar-refractivity contribution in [2.24, 2.45) is 0 Å². The van der Waals surface area contributed by atoms with Crippen LogP contribution in [0.25, 0.3) is 6.08 Å². The van der Waals surface area contributed by atoms with E-state index in [1.807, 2.05) is 0 Å². The Hall–Kier alpha value is -3.13. The largest absolute Gasteiger partial charge is 0.489 e. The standard InChI is InChI=1S/C22H20FNO5S/c1-14(2)29-20(25)12-24-21(26)19(30-22(24)27)11-15-7-9-17(10-8-15)28-13-16-5-3-4-6-18(16)23/h3-11,14H,12-13H2,1-2H3/b19-11-. The Kier molecular flexibility index (Phi) is 6.89. The molecule has 1 fully saturated rings. The van der Waals surface area contributed by atoms with Crippen molar-refractivity contribution in [3.8, 4) is 5.75 Å². The van der Waals surface area contributed by atoms with Gasteiger partial charge in [0.2, 0.25) is 0 Å². The molecule has 0 spiro atoms. The van der Waals surface area contributed by atoms with Crippen LogP contribution in [0.4, 0.5) is 9.18 Å². The zero-order valence-electron chi connectivity index (χ0n) is 16.5. The molecule has 0 radical (unpaired) electrons. The van der Waals surface area contributed by atoms with Crippen LogP contribution in [0.5, 0.6) is 5.75 Å². The Balaban J connectivity index is 1.62. The van der Waals surface area contributed by atoms with Crippen LogP contribution in [0.1, 0.15) is 25.0 Å². The summed E-state index contributed by atoms with van der Waals surface area (Å²) in [5.74, 6) is -0.961. The Labute approximate surface area is 177 Å². The second-order valence-corrected chi connectivity index (χ2v) is 7.75. The van der Waals surface area contributed by atoms with Crippen LogP contribution in [0, 0.1) is 5.82 Å². The van der Waals surface area contributed by atoms with Crippen molar-refractivity contribution in [2.75, 3.05) is 6.54 Å². The maximum Gasteiger partial charge on any atom is 0.326 e. The minimum atomic E-state index is -0.634. The third-order valence-electron chi connectivity index (χ3n) is 4.06. The minimum Gasteiger partial charge on any atom is -0.489 e. The number of esters is 1. The molecule has 0 unspecified atom stereocenters. The van der Waals surface area contributed by atoms with Crippen LogP contribution in [-0.4, -0.2) is 34.7 Å². The lowest BCUT2D eigenvalue weighted by molar-refractivity contribution is -0.149. The molecule has 0 bridgehead atoms. The van der Waals surface area contributed by atoms with Crippen LogP contribution < -0.4 is 4.74 Å². The van der Waals surface area contributed by atoms with Crippen molar-refractivity contribution in [2.45, 2.75) is 26.6 Å². The molecule has 0 atom stereocenters. The van der Waals surface area contributed by atoms with E-state index < -0.39 is 23.7 Å². The lowest BCUT2D eigenvalue weighted by Crippen LogP contribution is -2.35. The molecule has 3 rings (SSSR count). The minimum absolute atomic E-state index is 0.0946. The maximum atomic E-state index is 13.6. The number of hydrogen-bond donors (Lipinski definition) is 0. The first-order chi connectivity index (χ1) is 14.3. The van der Waals surface area contributed by atoms with E-state index in [-0.39, 0.29) is 23.4 Å². The summed E-state index contributed by atoms with van der Waals surface area (Å²) in [6.07, 6.45) is 1.24. The zero-order valence-corrected chi connectivity index (χ0v) is 17.3. The van der Waals surface area contributed by atoms with E-state index in [2.05, 4.69) is 0 Å². The van der Waals surface area contributed by atoms with Gasteiger partial charge in [0.1, 0.15) is 24.7 Å². The van der Waals surface area contributed by atoms with Gasteiger partial charge in [-0.3, -0.25) is 19.3 Å². The maximum absolute atomic E-state index is 13.6. The number of ether oxygens (including phenoxy) is 2. The van der Waals surface area contributed by atoms with Crippen molar-refractivity contribution in [3.63, 3.8) is 0 Å². The Bertz CT molecular complexity index is 987. The van der Waals surface area contributed by atoms with E-state index in [4.69, 9.17) is 9.47 Å². The summed E-state index contributed by atoms with van der Waals surface area (Å²) in [6, 6.07) is 13.2. The van der Waals surface area contributed by atoms with Gasteiger partial charge in [0, 0.05) is 5.56 Å². The molecule has 1 saturated heterocycles. The topological polar surface area (TPSA) is 72.9 Å². The number of halogens is 1. The van der Waals surface area contributed by atoms with Crippen molar-refractivity contribution >= 4 is 35.0 Å². The van der Waals surface area contributed by atoms with E-state index in [0.717, 1.165) is 16.7 Å². The van der Waals surface area contributed by atoms with Gasteiger partial charge in [0.05, 0.1) is 11.0 Å². The fourth-order valence-corrected chi connectivity index (χ4v) is 3.49. The van der Waals surface area contributed by atoms with Gasteiger partial charge in [0.15, 0.2) is 0 Å². The zero-order chi connectivity index (χ0) is 21.7. The average molecular weight is 429 g/mol. The number of carbonyl (C=O) groups is 3. The first-order valence-corrected chi connectivity index (χ1v) is 10.1. The number of carbonyl (C=O) groups excluding carboxylic acids is 3. The number of nitrogens with zero attached hydrogens (tertiary/aromatic N) is 1. The van der Waals surface area contributed by atoms with Crippen LogP contribution >= 0.6 is 11.8 Å². The highest BCUT2D eigenvalue weighted by molar-refractivity contribution is 8.18. The fourth-order valence-electron chi connectivity index (χ4n) is 2.65. The summed E-state index contributed by atoms with van der Waals surface area (Å²) >= 11 is 0.769. The Morgan fingerprint density at radius 3 is 2.50 bits per heavy atom. The second-order valence-electron chi connectivity index (χ2n) is 6.76. The average Bonchev–Trinajstić information content (AvgIpc) is 2.95. The molecular weight excluding hydrogens is 409 g/mol. The van der Waals surface area contributed by atoms with Crippen molar-refractivity contribution in [1.82, 2.24) is 4.90 Å². The third kappa shape index (κ3) is 5.48.